The Morgan fingerprint density at radius 3 is 2.86 bits per heavy atom. The second kappa shape index (κ2) is 7.65. The zero-order valence-electron chi connectivity index (χ0n) is 15.5. The highest BCUT2D eigenvalue weighted by molar-refractivity contribution is 5.92. The lowest BCUT2D eigenvalue weighted by molar-refractivity contribution is 0.0996. The number of rotatable bonds is 5. The predicted octanol–water partition coefficient (Wildman–Crippen LogP) is 1.42. The minimum atomic E-state index is -0.580. The molecule has 1 aromatic carbocycles. The Morgan fingerprint density at radius 2 is 2.11 bits per heavy atom. The van der Waals surface area contributed by atoms with Gasteiger partial charge in [0.1, 0.15) is 5.69 Å². The number of carbonyl (C=O) groups excluding carboxylic acids is 1. The van der Waals surface area contributed by atoms with Gasteiger partial charge in [-0.15, -0.1) is 0 Å². The Labute approximate surface area is 161 Å². The molecule has 2 aromatic heterocycles. The van der Waals surface area contributed by atoms with Crippen molar-refractivity contribution in [3.8, 4) is 0 Å². The Hall–Kier alpha value is -3.46. The van der Waals surface area contributed by atoms with Crippen LogP contribution in [-0.4, -0.2) is 52.8 Å². The molecule has 0 spiro atoms. The summed E-state index contributed by atoms with van der Waals surface area (Å²) >= 11 is 0. The summed E-state index contributed by atoms with van der Waals surface area (Å²) in [5.74, 6) is 0.612. The van der Waals surface area contributed by atoms with E-state index in [2.05, 4.69) is 25.4 Å². The van der Waals surface area contributed by atoms with Crippen molar-refractivity contribution in [2.75, 3.05) is 36.6 Å². The number of amides is 1. The molecule has 144 valence electrons. The van der Waals surface area contributed by atoms with Gasteiger partial charge in [-0.1, -0.05) is 29.8 Å². The van der Waals surface area contributed by atoms with Crippen LogP contribution >= 0.6 is 0 Å². The molecule has 0 aliphatic carbocycles. The molecular formula is C19H21N7O2. The Balaban J connectivity index is 1.66. The molecule has 4 rings (SSSR count). The summed E-state index contributed by atoms with van der Waals surface area (Å²) in [5, 5.41) is 4.28. The van der Waals surface area contributed by atoms with Crippen molar-refractivity contribution in [2.24, 2.45) is 10.8 Å². The Morgan fingerprint density at radius 1 is 1.29 bits per heavy atom. The van der Waals surface area contributed by atoms with Crippen molar-refractivity contribution in [3.05, 3.63) is 53.5 Å². The van der Waals surface area contributed by atoms with Crippen molar-refractivity contribution in [1.82, 2.24) is 14.4 Å². The van der Waals surface area contributed by atoms with Gasteiger partial charge in [0.05, 0.1) is 25.6 Å². The summed E-state index contributed by atoms with van der Waals surface area (Å²) < 4.78 is 7.16. The molecule has 3 N–H and O–H groups in total. The highest BCUT2D eigenvalue weighted by Gasteiger charge is 2.20. The van der Waals surface area contributed by atoms with Crippen LogP contribution in [0.5, 0.6) is 0 Å². The smallest absolute Gasteiger partial charge is 0.268 e. The number of ether oxygens (including phenoxy) is 1. The van der Waals surface area contributed by atoms with E-state index in [0.29, 0.717) is 43.6 Å². The molecule has 0 unspecified atom stereocenters. The van der Waals surface area contributed by atoms with Crippen LogP contribution in [0.15, 0.2) is 41.8 Å². The fraction of sp³-hybridized carbons (Fsp3) is 0.263. The molecule has 0 atom stereocenters. The number of hydrogen-bond acceptors (Lipinski definition) is 7. The number of nitrogens with one attached hydrogen (secondary N) is 1. The van der Waals surface area contributed by atoms with Gasteiger partial charge in [0.25, 0.3) is 5.91 Å². The molecule has 1 fully saturated rings. The van der Waals surface area contributed by atoms with Crippen LogP contribution in [0.2, 0.25) is 0 Å². The number of nitrogens with zero attached hydrogens (tertiary/aromatic N) is 5. The first-order valence-corrected chi connectivity index (χ1v) is 8.98. The van der Waals surface area contributed by atoms with Gasteiger partial charge in [0.15, 0.2) is 17.3 Å². The zero-order chi connectivity index (χ0) is 19.5. The number of anilines is 2. The molecule has 0 bridgehead atoms. The van der Waals surface area contributed by atoms with Crippen molar-refractivity contribution in [1.29, 1.82) is 0 Å². The number of morpholine rings is 1. The summed E-state index contributed by atoms with van der Waals surface area (Å²) in [6, 6.07) is 8.03. The average molecular weight is 379 g/mol. The van der Waals surface area contributed by atoms with Gasteiger partial charge in [-0.2, -0.15) is 5.10 Å². The van der Waals surface area contributed by atoms with E-state index in [0.717, 1.165) is 11.1 Å². The fourth-order valence-electron chi connectivity index (χ4n) is 3.07. The summed E-state index contributed by atoms with van der Waals surface area (Å²) in [7, 11) is 0. The fourth-order valence-corrected chi connectivity index (χ4v) is 3.07. The number of hydrogen-bond donors (Lipinski definition) is 2. The highest BCUT2D eigenvalue weighted by Crippen LogP contribution is 2.23. The summed E-state index contributed by atoms with van der Waals surface area (Å²) in [5.41, 5.74) is 11.3. The van der Waals surface area contributed by atoms with Crippen molar-refractivity contribution < 1.29 is 9.53 Å². The molecule has 1 aliphatic rings. The summed E-state index contributed by atoms with van der Waals surface area (Å²) in [6.07, 6.45) is 5.06. The molecule has 3 aromatic rings. The van der Waals surface area contributed by atoms with Crippen LogP contribution in [0.4, 0.5) is 11.6 Å². The number of carbonyl (C=O) groups is 1. The lowest BCUT2D eigenvalue weighted by Crippen LogP contribution is -2.37. The lowest BCUT2D eigenvalue weighted by Gasteiger charge is -2.28. The summed E-state index contributed by atoms with van der Waals surface area (Å²) in [4.78, 5) is 22.6. The first-order chi connectivity index (χ1) is 13.6. The second-order valence-corrected chi connectivity index (χ2v) is 6.55. The number of aryl methyl sites for hydroxylation is 1. The van der Waals surface area contributed by atoms with E-state index in [9.17, 15) is 4.79 Å². The number of fused-ring (bicyclic) bond motifs is 1. The predicted molar refractivity (Wildman–Crippen MR) is 107 cm³/mol. The monoisotopic (exact) mass is 379 g/mol. The van der Waals surface area contributed by atoms with E-state index in [1.54, 1.807) is 23.0 Å². The minimum Gasteiger partial charge on any atom is -0.378 e. The molecule has 9 heteroatoms. The molecule has 0 radical (unpaired) electrons. The Kier molecular flexibility index (Phi) is 4.90. The zero-order valence-corrected chi connectivity index (χ0v) is 15.5. The van der Waals surface area contributed by atoms with Crippen molar-refractivity contribution in [3.63, 3.8) is 0 Å². The third-order valence-electron chi connectivity index (χ3n) is 4.42. The van der Waals surface area contributed by atoms with Gasteiger partial charge in [0, 0.05) is 19.3 Å². The largest absolute Gasteiger partial charge is 0.378 e. The normalized spacial score (nSPS) is 14.7. The minimum absolute atomic E-state index is 0.191. The van der Waals surface area contributed by atoms with E-state index in [4.69, 9.17) is 10.5 Å². The highest BCUT2D eigenvalue weighted by atomic mass is 16.5. The van der Waals surface area contributed by atoms with E-state index in [1.165, 1.54) is 0 Å². The van der Waals surface area contributed by atoms with Crippen LogP contribution in [0, 0.1) is 6.92 Å². The molecule has 0 saturated carbocycles. The van der Waals surface area contributed by atoms with Gasteiger partial charge in [-0.05, 0) is 12.5 Å². The topological polar surface area (TPSA) is 110 Å². The third-order valence-corrected chi connectivity index (χ3v) is 4.42. The third kappa shape index (κ3) is 3.79. The lowest BCUT2D eigenvalue weighted by atomic mass is 10.2. The SMILES string of the molecule is Cc1cccc(/C=N/Nc2cn3cc(C(N)=O)nc3c(N3CCOCC3)n2)c1. The van der Waals surface area contributed by atoms with Crippen LogP contribution in [0.25, 0.3) is 5.65 Å². The maximum absolute atomic E-state index is 11.6. The number of hydrazone groups is 1. The molecule has 28 heavy (non-hydrogen) atoms. The quantitative estimate of drug-likeness (QED) is 0.512. The van der Waals surface area contributed by atoms with Crippen LogP contribution in [-0.2, 0) is 4.74 Å². The van der Waals surface area contributed by atoms with Gasteiger partial charge in [0.2, 0.25) is 0 Å². The first kappa shape index (κ1) is 17.9. The maximum Gasteiger partial charge on any atom is 0.268 e. The molecule has 3 heterocycles. The molecule has 1 saturated heterocycles. The Bertz CT molecular complexity index is 1040. The second-order valence-electron chi connectivity index (χ2n) is 6.55. The molecule has 1 aliphatic heterocycles. The number of imidazole rings is 1. The molecular weight excluding hydrogens is 358 g/mol. The van der Waals surface area contributed by atoms with Crippen LogP contribution < -0.4 is 16.1 Å². The van der Waals surface area contributed by atoms with E-state index < -0.39 is 5.91 Å². The van der Waals surface area contributed by atoms with Crippen LogP contribution in [0.3, 0.4) is 0 Å². The van der Waals surface area contributed by atoms with Gasteiger partial charge >= 0.3 is 0 Å². The van der Waals surface area contributed by atoms with E-state index in [1.807, 2.05) is 31.2 Å². The van der Waals surface area contributed by atoms with Crippen LogP contribution in [0.1, 0.15) is 21.6 Å². The standard InChI is InChI=1S/C19H21N7O2/c1-13-3-2-4-14(9-13)10-21-24-16-12-26-11-15(17(20)27)22-18(26)19(23-16)25-5-7-28-8-6-25/h2-4,9-12,24H,5-8H2,1H3,(H2,20,27)/b21-10+. The van der Waals surface area contributed by atoms with E-state index >= 15 is 0 Å². The van der Waals surface area contributed by atoms with Gasteiger partial charge in [-0.25, -0.2) is 9.97 Å². The number of aromatic nitrogens is 3. The van der Waals surface area contributed by atoms with Gasteiger partial charge in [-0.3, -0.25) is 14.6 Å². The van der Waals surface area contributed by atoms with Crippen molar-refractivity contribution >= 4 is 29.4 Å². The number of benzene rings is 1. The number of nitrogens with two attached hydrogens (primary N) is 1. The number of primary amides is 1. The maximum atomic E-state index is 11.6. The van der Waals surface area contributed by atoms with E-state index in [-0.39, 0.29) is 5.69 Å². The first-order valence-electron chi connectivity index (χ1n) is 8.98. The summed E-state index contributed by atoms with van der Waals surface area (Å²) in [6.45, 7) is 4.64. The average Bonchev–Trinajstić information content (AvgIpc) is 3.13. The molecule has 1 amide bonds. The molecule has 9 nitrogen and oxygen atoms in total. The van der Waals surface area contributed by atoms with Gasteiger partial charge < -0.3 is 15.4 Å². The van der Waals surface area contributed by atoms with Crippen molar-refractivity contribution in [2.45, 2.75) is 6.92 Å².